The fourth-order valence-corrected chi connectivity index (χ4v) is 2.14. The molecule has 0 amide bonds. The zero-order valence-electron chi connectivity index (χ0n) is 7.40. The van der Waals surface area contributed by atoms with Crippen molar-refractivity contribution < 1.29 is 0 Å². The van der Waals surface area contributed by atoms with Crippen LogP contribution in [0.4, 0.5) is 0 Å². The van der Waals surface area contributed by atoms with Gasteiger partial charge < -0.3 is 0 Å². The van der Waals surface area contributed by atoms with Gasteiger partial charge in [-0.3, -0.25) is 0 Å². The lowest BCUT2D eigenvalue weighted by Gasteiger charge is -2.27. The molecule has 0 radical (unpaired) electrons. The van der Waals surface area contributed by atoms with Gasteiger partial charge in [-0.05, 0) is 18.3 Å². The third-order valence-corrected chi connectivity index (χ3v) is 3.05. The van der Waals surface area contributed by atoms with Crippen molar-refractivity contribution in [2.45, 2.75) is 74.7 Å². The Balaban J connectivity index is -0.000000333. The standard InChI is InChI=1S/C10H20.3CH4/c1-3-9-6-5-7-10(4-2)8-9;;;/h9-10H,3-8H2,1-2H3;3*1H4. The first-order valence-electron chi connectivity index (χ1n) is 4.86. The molecule has 1 fully saturated rings. The third-order valence-electron chi connectivity index (χ3n) is 3.05. The van der Waals surface area contributed by atoms with Crippen LogP contribution in [0.15, 0.2) is 0 Å². The van der Waals surface area contributed by atoms with Crippen LogP contribution in [0.1, 0.15) is 74.7 Å². The molecule has 0 heteroatoms. The summed E-state index contributed by atoms with van der Waals surface area (Å²) in [6, 6.07) is 0. The van der Waals surface area contributed by atoms with Gasteiger partial charge in [0, 0.05) is 0 Å². The third kappa shape index (κ3) is 6.12. The first kappa shape index (κ1) is 18.7. The topological polar surface area (TPSA) is 0 Å². The van der Waals surface area contributed by atoms with Gasteiger partial charge in [0.05, 0.1) is 0 Å². The molecule has 84 valence electrons. The van der Waals surface area contributed by atoms with Crippen molar-refractivity contribution >= 4 is 0 Å². The molecule has 0 aliphatic heterocycles. The highest BCUT2D eigenvalue weighted by molar-refractivity contribution is 4.70. The first-order chi connectivity index (χ1) is 4.86. The van der Waals surface area contributed by atoms with E-state index in [0.717, 1.165) is 11.8 Å². The van der Waals surface area contributed by atoms with Gasteiger partial charge in [0.2, 0.25) is 0 Å². The van der Waals surface area contributed by atoms with E-state index in [1.165, 1.54) is 38.5 Å². The van der Waals surface area contributed by atoms with Crippen LogP contribution in [-0.2, 0) is 0 Å². The molecule has 2 atom stereocenters. The molecule has 0 heterocycles. The van der Waals surface area contributed by atoms with Crippen molar-refractivity contribution in [1.29, 1.82) is 0 Å². The Labute approximate surface area is 87.1 Å². The molecule has 1 aliphatic carbocycles. The van der Waals surface area contributed by atoms with E-state index in [1.807, 2.05) is 0 Å². The molecule has 0 N–H and O–H groups in total. The van der Waals surface area contributed by atoms with Gasteiger partial charge in [-0.25, -0.2) is 0 Å². The van der Waals surface area contributed by atoms with Crippen LogP contribution in [0.5, 0.6) is 0 Å². The molecule has 0 saturated heterocycles. The molecule has 0 aromatic rings. The summed E-state index contributed by atoms with van der Waals surface area (Å²) >= 11 is 0. The molecular formula is C13H32. The minimum absolute atomic E-state index is 0. The van der Waals surface area contributed by atoms with Crippen LogP contribution >= 0.6 is 0 Å². The Morgan fingerprint density at radius 2 is 1.23 bits per heavy atom. The lowest BCUT2D eigenvalue weighted by molar-refractivity contribution is 0.255. The summed E-state index contributed by atoms with van der Waals surface area (Å²) in [6.07, 6.45) is 8.86. The lowest BCUT2D eigenvalue weighted by atomic mass is 9.79. The Bertz CT molecular complexity index is 76.0. The van der Waals surface area contributed by atoms with Crippen molar-refractivity contribution in [3.63, 3.8) is 0 Å². The van der Waals surface area contributed by atoms with E-state index < -0.39 is 0 Å². The maximum absolute atomic E-state index is 2.34. The van der Waals surface area contributed by atoms with Crippen molar-refractivity contribution in [3.05, 3.63) is 0 Å². The summed E-state index contributed by atoms with van der Waals surface area (Å²) in [7, 11) is 0. The maximum Gasteiger partial charge on any atom is -0.0414 e. The Kier molecular flexibility index (Phi) is 14.5. The predicted molar refractivity (Wildman–Crippen MR) is 66.2 cm³/mol. The SMILES string of the molecule is C.C.C.CCC1CCCC(CC)C1. The number of rotatable bonds is 2. The van der Waals surface area contributed by atoms with Crippen LogP contribution in [0.2, 0.25) is 0 Å². The fourth-order valence-electron chi connectivity index (χ4n) is 2.14. The second-order valence-electron chi connectivity index (χ2n) is 3.72. The molecular weight excluding hydrogens is 156 g/mol. The fraction of sp³-hybridized carbons (Fsp3) is 1.00. The van der Waals surface area contributed by atoms with Gasteiger partial charge in [-0.1, -0.05) is 68.2 Å². The Morgan fingerprint density at radius 3 is 1.54 bits per heavy atom. The van der Waals surface area contributed by atoms with E-state index in [2.05, 4.69) is 13.8 Å². The minimum Gasteiger partial charge on any atom is -0.0776 e. The zero-order chi connectivity index (χ0) is 7.40. The average Bonchev–Trinajstić information content (AvgIpc) is 2.05. The summed E-state index contributed by atoms with van der Waals surface area (Å²) < 4.78 is 0. The summed E-state index contributed by atoms with van der Waals surface area (Å²) in [5.41, 5.74) is 0. The molecule has 0 aromatic heterocycles. The van der Waals surface area contributed by atoms with Crippen LogP contribution in [0.25, 0.3) is 0 Å². The van der Waals surface area contributed by atoms with Gasteiger partial charge in [-0.2, -0.15) is 0 Å². The largest absolute Gasteiger partial charge is 0.0776 e. The van der Waals surface area contributed by atoms with E-state index >= 15 is 0 Å². The van der Waals surface area contributed by atoms with Crippen molar-refractivity contribution in [2.75, 3.05) is 0 Å². The maximum atomic E-state index is 2.34. The van der Waals surface area contributed by atoms with Crippen LogP contribution < -0.4 is 0 Å². The van der Waals surface area contributed by atoms with Gasteiger partial charge in [0.1, 0.15) is 0 Å². The van der Waals surface area contributed by atoms with Gasteiger partial charge in [0.15, 0.2) is 0 Å². The molecule has 0 bridgehead atoms. The summed E-state index contributed by atoms with van der Waals surface area (Å²) in [5.74, 6) is 2.14. The molecule has 2 unspecified atom stereocenters. The van der Waals surface area contributed by atoms with E-state index in [4.69, 9.17) is 0 Å². The number of hydrogen-bond acceptors (Lipinski definition) is 0. The summed E-state index contributed by atoms with van der Waals surface area (Å²) in [4.78, 5) is 0. The Hall–Kier alpha value is 0. The normalized spacial score (nSPS) is 26.3. The first-order valence-corrected chi connectivity index (χ1v) is 4.86. The average molecular weight is 188 g/mol. The van der Waals surface area contributed by atoms with Crippen molar-refractivity contribution in [2.24, 2.45) is 11.8 Å². The van der Waals surface area contributed by atoms with Crippen molar-refractivity contribution in [1.82, 2.24) is 0 Å². The lowest BCUT2D eigenvalue weighted by Crippen LogP contribution is -2.13. The quantitative estimate of drug-likeness (QED) is 0.535. The van der Waals surface area contributed by atoms with Crippen LogP contribution in [0.3, 0.4) is 0 Å². The second kappa shape index (κ2) is 10.1. The van der Waals surface area contributed by atoms with E-state index in [-0.39, 0.29) is 22.3 Å². The molecule has 1 rings (SSSR count). The summed E-state index contributed by atoms with van der Waals surface area (Å²) in [5, 5.41) is 0. The predicted octanol–water partition coefficient (Wildman–Crippen LogP) is 5.52. The van der Waals surface area contributed by atoms with Gasteiger partial charge >= 0.3 is 0 Å². The van der Waals surface area contributed by atoms with Crippen molar-refractivity contribution in [3.8, 4) is 0 Å². The van der Waals surface area contributed by atoms with Crippen LogP contribution in [0, 0.1) is 11.8 Å². The molecule has 13 heavy (non-hydrogen) atoms. The highest BCUT2D eigenvalue weighted by Crippen LogP contribution is 2.32. The summed E-state index contributed by atoms with van der Waals surface area (Å²) in [6.45, 7) is 4.67. The monoisotopic (exact) mass is 188 g/mol. The zero-order valence-corrected chi connectivity index (χ0v) is 7.40. The van der Waals surface area contributed by atoms with E-state index in [1.54, 1.807) is 0 Å². The smallest absolute Gasteiger partial charge is 0.0414 e. The highest BCUT2D eigenvalue weighted by Gasteiger charge is 2.18. The molecule has 0 spiro atoms. The minimum atomic E-state index is 0. The molecule has 1 saturated carbocycles. The molecule has 0 nitrogen and oxygen atoms in total. The van der Waals surface area contributed by atoms with Gasteiger partial charge in [-0.15, -0.1) is 0 Å². The second-order valence-corrected chi connectivity index (χ2v) is 3.72. The molecule has 1 aliphatic rings. The van der Waals surface area contributed by atoms with E-state index in [0.29, 0.717) is 0 Å². The highest BCUT2D eigenvalue weighted by atomic mass is 14.2. The van der Waals surface area contributed by atoms with E-state index in [9.17, 15) is 0 Å². The van der Waals surface area contributed by atoms with Crippen LogP contribution in [-0.4, -0.2) is 0 Å². The van der Waals surface area contributed by atoms with Gasteiger partial charge in [0.25, 0.3) is 0 Å². The Morgan fingerprint density at radius 1 is 0.846 bits per heavy atom. The number of hydrogen-bond donors (Lipinski definition) is 0. The molecule has 0 aromatic carbocycles.